The number of rotatable bonds is 4. The highest BCUT2D eigenvalue weighted by atomic mass is 32.2. The Morgan fingerprint density at radius 3 is 2.48 bits per heavy atom. The lowest BCUT2D eigenvalue weighted by molar-refractivity contribution is 0.0730. The third-order valence-electron chi connectivity index (χ3n) is 5.47. The van der Waals surface area contributed by atoms with Gasteiger partial charge in [-0.15, -0.1) is 0 Å². The van der Waals surface area contributed by atoms with Crippen LogP contribution in [0.5, 0.6) is 0 Å². The third kappa shape index (κ3) is 3.53. The fraction of sp³-hybridized carbons (Fsp3) is 0.706. The van der Waals surface area contributed by atoms with Crippen LogP contribution in [0.4, 0.5) is 5.82 Å². The topological polar surface area (TPSA) is 66.0 Å². The van der Waals surface area contributed by atoms with E-state index < -0.39 is 10.0 Å². The average molecular weight is 366 g/mol. The normalized spacial score (nSPS) is 26.4. The van der Waals surface area contributed by atoms with Crippen LogP contribution in [-0.2, 0) is 14.8 Å². The van der Waals surface area contributed by atoms with Crippen molar-refractivity contribution in [3.05, 3.63) is 18.3 Å². The zero-order valence-corrected chi connectivity index (χ0v) is 15.3. The highest BCUT2D eigenvalue weighted by molar-refractivity contribution is 7.89. The molecule has 0 saturated carbocycles. The van der Waals surface area contributed by atoms with E-state index in [9.17, 15) is 8.42 Å². The van der Waals surface area contributed by atoms with E-state index >= 15 is 0 Å². The van der Waals surface area contributed by atoms with Crippen molar-refractivity contribution in [1.29, 1.82) is 0 Å². The van der Waals surface area contributed by atoms with Gasteiger partial charge in [0, 0.05) is 38.4 Å². The number of hydrogen-bond donors (Lipinski definition) is 0. The molecule has 0 bridgehead atoms. The first-order chi connectivity index (χ1) is 12.1. The fourth-order valence-corrected chi connectivity index (χ4v) is 5.36. The Labute approximate surface area is 149 Å². The van der Waals surface area contributed by atoms with Gasteiger partial charge in [0.05, 0.1) is 13.2 Å². The molecule has 0 aromatic carbocycles. The van der Waals surface area contributed by atoms with E-state index in [0.717, 1.165) is 25.3 Å². The Morgan fingerprint density at radius 2 is 1.80 bits per heavy atom. The predicted octanol–water partition coefficient (Wildman–Crippen LogP) is 0.777. The molecule has 8 heteroatoms. The van der Waals surface area contributed by atoms with E-state index in [4.69, 9.17) is 4.74 Å². The van der Waals surface area contributed by atoms with Gasteiger partial charge in [0.15, 0.2) is 0 Å². The first-order valence-corrected chi connectivity index (χ1v) is 10.6. The fourth-order valence-electron chi connectivity index (χ4n) is 4.00. The molecule has 1 unspecified atom stereocenters. The molecule has 0 spiro atoms. The maximum Gasteiger partial charge on any atom is 0.244 e. The summed E-state index contributed by atoms with van der Waals surface area (Å²) in [6.07, 6.45) is 5.28. The quantitative estimate of drug-likeness (QED) is 0.785. The van der Waals surface area contributed by atoms with Crippen molar-refractivity contribution in [2.75, 3.05) is 57.4 Å². The number of nitrogens with zero attached hydrogens (tertiary/aromatic N) is 4. The molecule has 0 radical (unpaired) electrons. The van der Waals surface area contributed by atoms with Crippen LogP contribution in [-0.4, -0.2) is 81.1 Å². The molecule has 4 rings (SSSR count). The minimum atomic E-state index is -3.46. The van der Waals surface area contributed by atoms with E-state index in [1.807, 2.05) is 6.07 Å². The van der Waals surface area contributed by atoms with Gasteiger partial charge in [0.2, 0.25) is 10.0 Å². The Balaban J connectivity index is 1.43. The summed E-state index contributed by atoms with van der Waals surface area (Å²) in [5.74, 6) is 0.877. The van der Waals surface area contributed by atoms with E-state index in [1.165, 1.54) is 36.4 Å². The largest absolute Gasteiger partial charge is 0.379 e. The maximum absolute atomic E-state index is 12.7. The van der Waals surface area contributed by atoms with E-state index in [0.29, 0.717) is 32.3 Å². The molecule has 3 fully saturated rings. The second kappa shape index (κ2) is 7.19. The number of ether oxygens (including phenoxy) is 1. The van der Waals surface area contributed by atoms with Crippen LogP contribution in [0.1, 0.15) is 19.3 Å². The van der Waals surface area contributed by atoms with Crippen molar-refractivity contribution < 1.29 is 13.2 Å². The summed E-state index contributed by atoms with van der Waals surface area (Å²) in [7, 11) is -3.46. The van der Waals surface area contributed by atoms with Gasteiger partial charge in [0.25, 0.3) is 0 Å². The molecule has 7 nitrogen and oxygen atoms in total. The second-order valence-corrected chi connectivity index (χ2v) is 8.94. The molecule has 1 aromatic heterocycles. The average Bonchev–Trinajstić information content (AvgIpc) is 3.34. The van der Waals surface area contributed by atoms with Crippen LogP contribution in [0.15, 0.2) is 23.2 Å². The summed E-state index contributed by atoms with van der Waals surface area (Å²) in [5.41, 5.74) is 0. The zero-order valence-electron chi connectivity index (χ0n) is 14.5. The summed E-state index contributed by atoms with van der Waals surface area (Å²) >= 11 is 0. The minimum Gasteiger partial charge on any atom is -0.379 e. The lowest BCUT2D eigenvalue weighted by Crippen LogP contribution is -2.40. The third-order valence-corrected chi connectivity index (χ3v) is 7.36. The number of anilines is 1. The highest BCUT2D eigenvalue weighted by Gasteiger charge is 2.31. The molecule has 3 aliphatic heterocycles. The van der Waals surface area contributed by atoms with E-state index in [2.05, 4.69) is 14.8 Å². The van der Waals surface area contributed by atoms with Crippen molar-refractivity contribution in [3.63, 3.8) is 0 Å². The van der Waals surface area contributed by atoms with Crippen molar-refractivity contribution in [3.8, 4) is 0 Å². The molecule has 1 aromatic rings. The Bertz CT molecular complexity index is 682. The minimum absolute atomic E-state index is 0.272. The Morgan fingerprint density at radius 1 is 1.04 bits per heavy atom. The molecule has 4 heterocycles. The second-order valence-electron chi connectivity index (χ2n) is 7.00. The first-order valence-electron chi connectivity index (χ1n) is 9.17. The van der Waals surface area contributed by atoms with Crippen molar-refractivity contribution in [1.82, 2.24) is 14.2 Å². The van der Waals surface area contributed by atoms with Gasteiger partial charge in [-0.3, -0.25) is 4.90 Å². The molecule has 3 aliphatic rings. The lowest BCUT2D eigenvalue weighted by Gasteiger charge is -2.26. The highest BCUT2D eigenvalue weighted by Crippen LogP contribution is 2.25. The lowest BCUT2D eigenvalue weighted by atomic mass is 10.2. The van der Waals surface area contributed by atoms with Crippen LogP contribution in [0, 0.1) is 0 Å². The SMILES string of the molecule is O=S(=O)(c1ccc(N2CCC(N3CCCC3)C2)nc1)N1CCOCC1. The first kappa shape index (κ1) is 17.2. The molecule has 0 aliphatic carbocycles. The summed E-state index contributed by atoms with van der Waals surface area (Å²) in [5, 5.41) is 0. The number of likely N-dealkylation sites (tertiary alicyclic amines) is 1. The summed E-state index contributed by atoms with van der Waals surface area (Å²) in [4.78, 5) is 9.58. The van der Waals surface area contributed by atoms with Crippen LogP contribution >= 0.6 is 0 Å². The van der Waals surface area contributed by atoms with Gasteiger partial charge in [-0.1, -0.05) is 0 Å². The van der Waals surface area contributed by atoms with Gasteiger partial charge in [0.1, 0.15) is 10.7 Å². The summed E-state index contributed by atoms with van der Waals surface area (Å²) < 4.78 is 32.0. The summed E-state index contributed by atoms with van der Waals surface area (Å²) in [6, 6.07) is 4.15. The van der Waals surface area contributed by atoms with Crippen LogP contribution in [0.2, 0.25) is 0 Å². The molecule has 138 valence electrons. The maximum atomic E-state index is 12.7. The molecular weight excluding hydrogens is 340 g/mol. The van der Waals surface area contributed by atoms with Crippen molar-refractivity contribution in [2.45, 2.75) is 30.2 Å². The number of sulfonamides is 1. The number of hydrogen-bond acceptors (Lipinski definition) is 6. The predicted molar refractivity (Wildman–Crippen MR) is 95.2 cm³/mol. The van der Waals surface area contributed by atoms with Gasteiger partial charge in [-0.2, -0.15) is 4.31 Å². The molecule has 1 atom stereocenters. The molecule has 0 N–H and O–H groups in total. The zero-order chi connectivity index (χ0) is 17.3. The molecule has 0 amide bonds. The molecule has 25 heavy (non-hydrogen) atoms. The monoisotopic (exact) mass is 366 g/mol. The number of morpholine rings is 1. The Hall–Kier alpha value is -1.22. The van der Waals surface area contributed by atoms with E-state index in [-0.39, 0.29) is 4.90 Å². The van der Waals surface area contributed by atoms with Crippen molar-refractivity contribution in [2.24, 2.45) is 0 Å². The molecule has 3 saturated heterocycles. The van der Waals surface area contributed by atoms with Crippen molar-refractivity contribution >= 4 is 15.8 Å². The number of pyridine rings is 1. The standard InChI is InChI=1S/C17H26N4O3S/c22-25(23,21-9-11-24-12-10-21)16-3-4-17(18-13-16)20-8-5-15(14-20)19-6-1-2-7-19/h3-4,13,15H,1-2,5-12,14H2. The van der Waals surface area contributed by atoms with Gasteiger partial charge in [-0.05, 0) is 44.5 Å². The smallest absolute Gasteiger partial charge is 0.244 e. The van der Waals surface area contributed by atoms with Gasteiger partial charge < -0.3 is 9.64 Å². The van der Waals surface area contributed by atoms with Gasteiger partial charge in [-0.25, -0.2) is 13.4 Å². The summed E-state index contributed by atoms with van der Waals surface area (Å²) in [6.45, 7) is 6.13. The van der Waals surface area contributed by atoms with Gasteiger partial charge >= 0.3 is 0 Å². The van der Waals surface area contributed by atoms with Crippen LogP contribution in [0.25, 0.3) is 0 Å². The molecular formula is C17H26N4O3S. The Kier molecular flexibility index (Phi) is 4.95. The number of aromatic nitrogens is 1. The van der Waals surface area contributed by atoms with Crippen LogP contribution < -0.4 is 4.90 Å². The van der Waals surface area contributed by atoms with E-state index in [1.54, 1.807) is 6.07 Å². The van der Waals surface area contributed by atoms with Crippen LogP contribution in [0.3, 0.4) is 0 Å².